The van der Waals surface area contributed by atoms with E-state index in [1.165, 1.54) is 0 Å². The zero-order valence-electron chi connectivity index (χ0n) is 15.0. The molecule has 7 heteroatoms. The molecule has 3 aromatic heterocycles. The van der Waals surface area contributed by atoms with Crippen LogP contribution in [0.25, 0.3) is 11.3 Å². The topological polar surface area (TPSA) is 75.9 Å². The Kier molecular flexibility index (Phi) is 3.58. The number of pyridine rings is 2. The molecule has 2 fully saturated rings. The lowest BCUT2D eigenvalue weighted by Gasteiger charge is -2.40. The Labute approximate surface area is 156 Å². The molecule has 0 amide bonds. The highest BCUT2D eigenvalue weighted by molar-refractivity contribution is 5.60. The first-order chi connectivity index (χ1) is 13.2. The number of nitrogens with zero attached hydrogens (tertiary/aromatic N) is 5. The zero-order valence-corrected chi connectivity index (χ0v) is 15.0. The molecule has 1 N–H and O–H groups in total. The lowest BCUT2D eigenvalue weighted by atomic mass is 9.90. The molecule has 1 unspecified atom stereocenters. The van der Waals surface area contributed by atoms with Gasteiger partial charge in [-0.1, -0.05) is 6.07 Å². The van der Waals surface area contributed by atoms with Gasteiger partial charge in [0.15, 0.2) is 0 Å². The summed E-state index contributed by atoms with van der Waals surface area (Å²) in [5.41, 5.74) is 2.42. The lowest BCUT2D eigenvalue weighted by molar-refractivity contribution is 0.441. The number of hydrogen-bond donors (Lipinski definition) is 1. The van der Waals surface area contributed by atoms with Gasteiger partial charge in [0.25, 0.3) is 5.56 Å². The molecule has 0 radical (unpaired) electrons. The molecule has 0 aliphatic carbocycles. The van der Waals surface area contributed by atoms with E-state index in [0.717, 1.165) is 30.6 Å². The van der Waals surface area contributed by atoms with Crippen molar-refractivity contribution in [1.29, 1.82) is 0 Å². The summed E-state index contributed by atoms with van der Waals surface area (Å²) in [6.07, 6.45) is 8.12. The molecular formula is C20H20N6O. The van der Waals surface area contributed by atoms with Crippen molar-refractivity contribution >= 4 is 5.95 Å². The predicted octanol–water partition coefficient (Wildman–Crippen LogP) is 1.31. The molecule has 0 saturated carbocycles. The summed E-state index contributed by atoms with van der Waals surface area (Å²) in [7, 11) is 1.79. The van der Waals surface area contributed by atoms with Crippen molar-refractivity contribution in [2.45, 2.75) is 18.0 Å². The van der Waals surface area contributed by atoms with Gasteiger partial charge in [0.05, 0.1) is 11.2 Å². The Hall–Kier alpha value is -3.06. The molecule has 0 spiro atoms. The Morgan fingerprint density at radius 3 is 2.78 bits per heavy atom. The summed E-state index contributed by atoms with van der Waals surface area (Å²) >= 11 is 0. The summed E-state index contributed by atoms with van der Waals surface area (Å²) in [4.78, 5) is 28.2. The second-order valence-electron chi connectivity index (χ2n) is 7.24. The Morgan fingerprint density at radius 1 is 1.19 bits per heavy atom. The maximum Gasteiger partial charge on any atom is 0.255 e. The minimum atomic E-state index is -0.229. The SMILES string of the molecule is Cn1c(N2CC3C[C@]2(c2cccnc2)CN3)nc(-c2ccncc2)cc1=O. The molecule has 2 bridgehead atoms. The Morgan fingerprint density at radius 2 is 2.04 bits per heavy atom. The van der Waals surface area contributed by atoms with Crippen LogP contribution in [0.15, 0.2) is 59.9 Å². The van der Waals surface area contributed by atoms with Crippen molar-refractivity contribution in [2.24, 2.45) is 7.05 Å². The van der Waals surface area contributed by atoms with Crippen molar-refractivity contribution in [3.8, 4) is 11.3 Å². The maximum atomic E-state index is 12.7. The van der Waals surface area contributed by atoms with Gasteiger partial charge < -0.3 is 10.2 Å². The molecule has 2 saturated heterocycles. The summed E-state index contributed by atoms with van der Waals surface area (Å²) in [6, 6.07) is 9.79. The first-order valence-electron chi connectivity index (χ1n) is 9.07. The average Bonchev–Trinajstić information content (AvgIpc) is 3.31. The molecule has 136 valence electrons. The first kappa shape index (κ1) is 16.1. The van der Waals surface area contributed by atoms with Gasteiger partial charge in [0.1, 0.15) is 0 Å². The average molecular weight is 360 g/mol. The van der Waals surface area contributed by atoms with Gasteiger partial charge >= 0.3 is 0 Å². The quantitative estimate of drug-likeness (QED) is 0.759. The molecule has 7 nitrogen and oxygen atoms in total. The largest absolute Gasteiger partial charge is 0.329 e. The van der Waals surface area contributed by atoms with Gasteiger partial charge in [-0.2, -0.15) is 0 Å². The molecule has 2 aliphatic heterocycles. The van der Waals surface area contributed by atoms with Crippen LogP contribution in [0, 0.1) is 0 Å². The normalized spacial score (nSPS) is 23.7. The minimum Gasteiger partial charge on any atom is -0.329 e. The van der Waals surface area contributed by atoms with E-state index >= 15 is 0 Å². The predicted molar refractivity (Wildman–Crippen MR) is 102 cm³/mol. The van der Waals surface area contributed by atoms with Crippen molar-refractivity contribution in [3.63, 3.8) is 0 Å². The summed E-state index contributed by atoms with van der Waals surface area (Å²) in [6.45, 7) is 1.63. The molecule has 2 aliphatic rings. The second-order valence-corrected chi connectivity index (χ2v) is 7.24. The van der Waals surface area contributed by atoms with E-state index in [1.807, 2.05) is 24.4 Å². The van der Waals surface area contributed by atoms with Crippen LogP contribution >= 0.6 is 0 Å². The third-order valence-electron chi connectivity index (χ3n) is 5.71. The van der Waals surface area contributed by atoms with Crippen LogP contribution in [0.4, 0.5) is 5.95 Å². The number of nitrogens with one attached hydrogen (secondary N) is 1. The van der Waals surface area contributed by atoms with Crippen LogP contribution in [0.5, 0.6) is 0 Å². The molecule has 3 aromatic rings. The Bertz CT molecular complexity index is 1040. The molecule has 2 atom stereocenters. The highest BCUT2D eigenvalue weighted by Crippen LogP contribution is 2.44. The summed E-state index contributed by atoms with van der Waals surface area (Å²) in [5, 5.41) is 3.58. The molecular weight excluding hydrogens is 340 g/mol. The van der Waals surface area contributed by atoms with Crippen LogP contribution < -0.4 is 15.8 Å². The van der Waals surface area contributed by atoms with Crippen LogP contribution in [0.1, 0.15) is 12.0 Å². The monoisotopic (exact) mass is 360 g/mol. The molecule has 5 heterocycles. The van der Waals surface area contributed by atoms with Gasteiger partial charge in [0, 0.05) is 62.6 Å². The van der Waals surface area contributed by atoms with Crippen LogP contribution in [0.3, 0.4) is 0 Å². The zero-order chi connectivity index (χ0) is 18.4. The van der Waals surface area contributed by atoms with E-state index in [1.54, 1.807) is 36.3 Å². The fraction of sp³-hybridized carbons (Fsp3) is 0.300. The number of piperazine rings is 1. The summed E-state index contributed by atoms with van der Waals surface area (Å²) < 4.78 is 1.64. The lowest BCUT2D eigenvalue weighted by Crippen LogP contribution is -2.52. The van der Waals surface area contributed by atoms with Gasteiger partial charge in [-0.25, -0.2) is 4.98 Å². The van der Waals surface area contributed by atoms with E-state index in [4.69, 9.17) is 4.98 Å². The van der Waals surface area contributed by atoms with Crippen molar-refractivity contribution in [2.75, 3.05) is 18.0 Å². The number of aromatic nitrogens is 4. The van der Waals surface area contributed by atoms with Gasteiger partial charge in [-0.3, -0.25) is 19.3 Å². The van der Waals surface area contributed by atoms with E-state index in [9.17, 15) is 4.79 Å². The van der Waals surface area contributed by atoms with Crippen molar-refractivity contribution in [1.82, 2.24) is 24.8 Å². The molecule has 27 heavy (non-hydrogen) atoms. The van der Waals surface area contributed by atoms with Gasteiger partial charge in [0.2, 0.25) is 5.95 Å². The van der Waals surface area contributed by atoms with Crippen molar-refractivity contribution in [3.05, 3.63) is 71.0 Å². The number of fused-ring (bicyclic) bond motifs is 2. The van der Waals surface area contributed by atoms with Crippen LogP contribution in [0.2, 0.25) is 0 Å². The van der Waals surface area contributed by atoms with Gasteiger partial charge in [-0.05, 0) is 30.2 Å². The highest BCUT2D eigenvalue weighted by atomic mass is 16.1. The molecule has 5 rings (SSSR count). The number of rotatable bonds is 3. The minimum absolute atomic E-state index is 0.0659. The fourth-order valence-electron chi connectivity index (χ4n) is 4.32. The van der Waals surface area contributed by atoms with Crippen LogP contribution in [-0.2, 0) is 12.6 Å². The number of hydrogen-bond acceptors (Lipinski definition) is 6. The van der Waals surface area contributed by atoms with E-state index in [-0.39, 0.29) is 11.1 Å². The number of anilines is 1. The summed E-state index contributed by atoms with van der Waals surface area (Å²) in [5.74, 6) is 0.696. The third kappa shape index (κ3) is 2.46. The van der Waals surface area contributed by atoms with Gasteiger partial charge in [-0.15, -0.1) is 0 Å². The standard InChI is InChI=1S/C20H20N6O/c1-25-18(27)9-17(14-4-7-21-8-5-14)24-19(25)26-12-16-10-20(26,13-23-16)15-3-2-6-22-11-15/h2-9,11,16,23H,10,12-13H2,1H3/t16?,20-/m1/s1. The van der Waals surface area contributed by atoms with Crippen molar-refractivity contribution < 1.29 is 0 Å². The smallest absolute Gasteiger partial charge is 0.255 e. The van der Waals surface area contributed by atoms with E-state index < -0.39 is 0 Å². The molecule has 0 aromatic carbocycles. The highest BCUT2D eigenvalue weighted by Gasteiger charge is 2.53. The first-order valence-corrected chi connectivity index (χ1v) is 9.07. The Balaban J connectivity index is 1.66. The third-order valence-corrected chi connectivity index (χ3v) is 5.71. The second kappa shape index (κ2) is 5.99. The fourth-order valence-corrected chi connectivity index (χ4v) is 4.32. The van der Waals surface area contributed by atoms with E-state index in [0.29, 0.717) is 17.7 Å². The van der Waals surface area contributed by atoms with Crippen LogP contribution in [-0.4, -0.2) is 38.7 Å². The van der Waals surface area contributed by atoms with E-state index in [2.05, 4.69) is 26.3 Å². The maximum absolute atomic E-state index is 12.7.